The Morgan fingerprint density at radius 2 is 2.33 bits per heavy atom. The van der Waals surface area contributed by atoms with E-state index in [2.05, 4.69) is 10.1 Å². The normalized spacial score (nSPS) is 10.9. The summed E-state index contributed by atoms with van der Waals surface area (Å²) < 4.78 is 15.0. The number of rotatable bonds is 2. The van der Waals surface area contributed by atoms with Crippen molar-refractivity contribution in [2.75, 3.05) is 0 Å². The van der Waals surface area contributed by atoms with Crippen molar-refractivity contribution in [2.24, 2.45) is 0 Å². The van der Waals surface area contributed by atoms with Crippen LogP contribution in [0.25, 0.3) is 5.65 Å². The number of ketones is 1. The molecule has 2 aromatic rings. The third kappa shape index (κ3) is 1.49. The van der Waals surface area contributed by atoms with Crippen molar-refractivity contribution < 1.29 is 9.18 Å². The molecule has 0 fully saturated rings. The minimum Gasteiger partial charge on any atom is -0.292 e. The Morgan fingerprint density at radius 3 is 3.00 bits per heavy atom. The number of nitrogens with zero attached hydrogens (tertiary/aromatic N) is 3. The largest absolute Gasteiger partial charge is 0.292 e. The Balaban J connectivity index is 2.69. The number of halogens is 1. The van der Waals surface area contributed by atoms with Gasteiger partial charge in [0.25, 0.3) is 0 Å². The summed E-state index contributed by atoms with van der Waals surface area (Å²) in [6.45, 7) is 3.43. The average molecular weight is 207 g/mol. The molecule has 0 amide bonds. The lowest BCUT2D eigenvalue weighted by atomic mass is 10.2. The first kappa shape index (κ1) is 9.76. The molecule has 2 rings (SSSR count). The highest BCUT2D eigenvalue weighted by atomic mass is 19.1. The molecule has 0 radical (unpaired) electrons. The predicted molar refractivity (Wildman–Crippen MR) is 52.3 cm³/mol. The first-order valence-corrected chi connectivity index (χ1v) is 4.68. The third-order valence-corrected chi connectivity index (χ3v) is 2.15. The fraction of sp³-hybridized carbons (Fsp3) is 0.300. The van der Waals surface area contributed by atoms with Crippen LogP contribution in [-0.4, -0.2) is 20.4 Å². The number of hydrogen-bond acceptors (Lipinski definition) is 3. The number of hydrogen-bond donors (Lipinski definition) is 0. The molecule has 78 valence electrons. The third-order valence-electron chi connectivity index (χ3n) is 2.15. The van der Waals surface area contributed by atoms with Gasteiger partial charge in [0.1, 0.15) is 0 Å². The molecule has 0 aliphatic rings. The van der Waals surface area contributed by atoms with Crippen LogP contribution in [0, 0.1) is 12.7 Å². The second-order valence-corrected chi connectivity index (χ2v) is 3.28. The number of carbonyl (C=O) groups is 1. The summed E-state index contributed by atoms with van der Waals surface area (Å²) in [5.74, 6) is -0.943. The molecule has 0 N–H and O–H groups in total. The summed E-state index contributed by atoms with van der Waals surface area (Å²) >= 11 is 0. The van der Waals surface area contributed by atoms with Gasteiger partial charge in [-0.15, -0.1) is 0 Å². The molecule has 0 aromatic carbocycles. The number of fused-ring (bicyclic) bond motifs is 1. The lowest BCUT2D eigenvalue weighted by molar-refractivity contribution is 0.0979. The van der Waals surface area contributed by atoms with E-state index in [0.717, 1.165) is 0 Å². The van der Waals surface area contributed by atoms with Crippen LogP contribution in [0.2, 0.25) is 0 Å². The Labute approximate surface area is 85.7 Å². The first-order valence-electron chi connectivity index (χ1n) is 4.68. The van der Waals surface area contributed by atoms with E-state index in [1.54, 1.807) is 26.1 Å². The molecule has 5 heteroatoms. The molecule has 0 unspecified atom stereocenters. The van der Waals surface area contributed by atoms with Crippen LogP contribution in [0.15, 0.2) is 12.3 Å². The van der Waals surface area contributed by atoms with Crippen molar-refractivity contribution in [3.63, 3.8) is 0 Å². The summed E-state index contributed by atoms with van der Waals surface area (Å²) in [6, 6.07) is 1.71. The molecule has 0 spiro atoms. The molecule has 0 bridgehead atoms. The van der Waals surface area contributed by atoms with Crippen molar-refractivity contribution in [3.05, 3.63) is 29.5 Å². The Hall–Kier alpha value is -1.78. The lowest BCUT2D eigenvalue weighted by Crippen LogP contribution is -2.00. The van der Waals surface area contributed by atoms with E-state index in [1.807, 2.05) is 0 Å². The van der Waals surface area contributed by atoms with Crippen LogP contribution in [0.5, 0.6) is 0 Å². The minimum atomic E-state index is -0.634. The maximum Gasteiger partial charge on any atom is 0.198 e. The Bertz CT molecular complexity index is 533. The zero-order chi connectivity index (χ0) is 11.0. The van der Waals surface area contributed by atoms with Crippen molar-refractivity contribution in [3.8, 4) is 0 Å². The van der Waals surface area contributed by atoms with Crippen LogP contribution >= 0.6 is 0 Å². The molecular weight excluding hydrogens is 197 g/mol. The summed E-state index contributed by atoms with van der Waals surface area (Å²) in [4.78, 5) is 15.3. The van der Waals surface area contributed by atoms with E-state index in [4.69, 9.17) is 0 Å². The molecule has 4 nitrogen and oxygen atoms in total. The van der Waals surface area contributed by atoms with E-state index in [1.165, 1.54) is 4.52 Å². The van der Waals surface area contributed by atoms with Crippen molar-refractivity contribution in [2.45, 2.75) is 20.3 Å². The van der Waals surface area contributed by atoms with E-state index >= 15 is 0 Å². The molecule has 2 heterocycles. The average Bonchev–Trinajstić information content (AvgIpc) is 2.55. The van der Waals surface area contributed by atoms with Crippen LogP contribution < -0.4 is 0 Å². The minimum absolute atomic E-state index is 0.104. The fourth-order valence-corrected chi connectivity index (χ4v) is 1.34. The van der Waals surface area contributed by atoms with Crippen LogP contribution in [0.3, 0.4) is 0 Å². The molecule has 0 atom stereocenters. The van der Waals surface area contributed by atoms with Crippen molar-refractivity contribution >= 4 is 11.4 Å². The molecule has 0 saturated heterocycles. The molecule has 2 aromatic heterocycles. The second kappa shape index (κ2) is 3.42. The smallest absolute Gasteiger partial charge is 0.198 e. The Morgan fingerprint density at radius 1 is 1.60 bits per heavy atom. The maximum atomic E-state index is 13.7. The first-order chi connectivity index (χ1) is 7.13. The van der Waals surface area contributed by atoms with Gasteiger partial charge in [-0.1, -0.05) is 6.92 Å². The highest BCUT2D eigenvalue weighted by Crippen LogP contribution is 2.13. The Kier molecular flexibility index (Phi) is 2.22. The molecular formula is C10H10FN3O. The molecule has 0 aliphatic heterocycles. The van der Waals surface area contributed by atoms with Crippen molar-refractivity contribution in [1.29, 1.82) is 0 Å². The zero-order valence-electron chi connectivity index (χ0n) is 8.49. The van der Waals surface area contributed by atoms with Gasteiger partial charge in [-0.2, -0.15) is 5.10 Å². The highest BCUT2D eigenvalue weighted by Gasteiger charge is 2.18. The van der Waals surface area contributed by atoms with Gasteiger partial charge in [-0.25, -0.2) is 13.9 Å². The molecule has 0 aliphatic carbocycles. The number of aryl methyl sites for hydroxylation is 1. The standard InChI is InChI=1S/C10H10FN3O/c1-3-7(15)9-8(11)10-12-6(2)4-5-14(10)13-9/h4-5H,3H2,1-2H3. The lowest BCUT2D eigenvalue weighted by Gasteiger charge is -1.92. The van der Waals surface area contributed by atoms with Gasteiger partial charge in [0.2, 0.25) is 0 Å². The number of Topliss-reactive ketones (excluding diaryl/α,β-unsaturated/α-hetero) is 1. The van der Waals surface area contributed by atoms with Gasteiger partial charge in [-0.3, -0.25) is 4.79 Å². The van der Waals surface area contributed by atoms with Gasteiger partial charge in [0.15, 0.2) is 22.9 Å². The van der Waals surface area contributed by atoms with Gasteiger partial charge in [-0.05, 0) is 13.0 Å². The topological polar surface area (TPSA) is 47.3 Å². The highest BCUT2D eigenvalue weighted by molar-refractivity contribution is 5.95. The van der Waals surface area contributed by atoms with Gasteiger partial charge in [0, 0.05) is 18.3 Å². The SMILES string of the molecule is CCC(=O)c1nn2ccc(C)nc2c1F. The quantitative estimate of drug-likeness (QED) is 0.705. The van der Waals surface area contributed by atoms with Gasteiger partial charge in [0.05, 0.1) is 0 Å². The maximum absolute atomic E-state index is 13.7. The fourth-order valence-electron chi connectivity index (χ4n) is 1.34. The summed E-state index contributed by atoms with van der Waals surface area (Å²) in [5, 5.41) is 3.85. The van der Waals surface area contributed by atoms with E-state index in [9.17, 15) is 9.18 Å². The van der Waals surface area contributed by atoms with E-state index < -0.39 is 5.82 Å². The molecule has 15 heavy (non-hydrogen) atoms. The second-order valence-electron chi connectivity index (χ2n) is 3.28. The van der Waals surface area contributed by atoms with Gasteiger partial charge >= 0.3 is 0 Å². The molecule has 0 saturated carbocycles. The number of carbonyl (C=O) groups excluding carboxylic acids is 1. The summed E-state index contributed by atoms with van der Waals surface area (Å²) in [5.41, 5.74) is 0.666. The monoisotopic (exact) mass is 207 g/mol. The number of aromatic nitrogens is 3. The van der Waals surface area contributed by atoms with E-state index in [-0.39, 0.29) is 23.5 Å². The van der Waals surface area contributed by atoms with Crippen LogP contribution in [0.4, 0.5) is 4.39 Å². The van der Waals surface area contributed by atoms with E-state index in [0.29, 0.717) is 5.69 Å². The van der Waals surface area contributed by atoms with Crippen LogP contribution in [-0.2, 0) is 0 Å². The van der Waals surface area contributed by atoms with Crippen LogP contribution in [0.1, 0.15) is 29.5 Å². The predicted octanol–water partition coefficient (Wildman–Crippen LogP) is 1.77. The summed E-state index contributed by atoms with van der Waals surface area (Å²) in [6.07, 6.45) is 1.83. The summed E-state index contributed by atoms with van der Waals surface area (Å²) in [7, 11) is 0. The van der Waals surface area contributed by atoms with Crippen molar-refractivity contribution in [1.82, 2.24) is 14.6 Å². The van der Waals surface area contributed by atoms with Gasteiger partial charge < -0.3 is 0 Å². The zero-order valence-corrected chi connectivity index (χ0v) is 8.49.